The Hall–Kier alpha value is -1.17. The average molecular weight is 295 g/mol. The molecule has 1 aliphatic heterocycles. The van der Waals surface area contributed by atoms with Crippen LogP contribution in [0.5, 0.6) is 0 Å². The molecule has 4 nitrogen and oxygen atoms in total. The predicted octanol–water partition coefficient (Wildman–Crippen LogP) is 2.44. The molecule has 110 valence electrons. The summed E-state index contributed by atoms with van der Waals surface area (Å²) in [5.74, 6) is -0.485. The summed E-state index contributed by atoms with van der Waals surface area (Å²) in [4.78, 5) is 14.1. The number of thiophene rings is 1. The van der Waals surface area contributed by atoms with E-state index in [1.54, 1.807) is 17.4 Å². The van der Waals surface area contributed by atoms with Crippen LogP contribution in [-0.4, -0.2) is 40.3 Å². The lowest BCUT2D eigenvalue weighted by molar-refractivity contribution is -0.131. The Bertz CT molecular complexity index is 473. The zero-order valence-corrected chi connectivity index (χ0v) is 12.5. The van der Waals surface area contributed by atoms with Gasteiger partial charge in [-0.05, 0) is 61.9 Å². The molecule has 2 heterocycles. The lowest BCUT2D eigenvalue weighted by Crippen LogP contribution is -2.36. The Morgan fingerprint density at radius 3 is 2.85 bits per heavy atom. The molecule has 1 fully saturated rings. The molecule has 0 radical (unpaired) electrons. The highest BCUT2D eigenvalue weighted by Crippen LogP contribution is 2.24. The summed E-state index contributed by atoms with van der Waals surface area (Å²) < 4.78 is 0. The standard InChI is InChI=1S/C15H21NO3S/c1-11(17)13-4-6-16(7-5-13)9-14-8-12(10-20-14)2-3-15(18)19/h2-3,8,10-11,13,17H,4-7,9H2,1H3,(H,18,19)/b3-2+. The average Bonchev–Trinajstić information content (AvgIpc) is 2.84. The fourth-order valence-corrected chi connectivity index (χ4v) is 3.44. The molecule has 0 bridgehead atoms. The number of piperidine rings is 1. The number of hydrogen-bond acceptors (Lipinski definition) is 4. The van der Waals surface area contributed by atoms with E-state index >= 15 is 0 Å². The fraction of sp³-hybridized carbons (Fsp3) is 0.533. The number of hydrogen-bond donors (Lipinski definition) is 2. The predicted molar refractivity (Wildman–Crippen MR) is 80.7 cm³/mol. The van der Waals surface area contributed by atoms with E-state index in [1.807, 2.05) is 18.4 Å². The summed E-state index contributed by atoms with van der Waals surface area (Å²) in [5.41, 5.74) is 0.950. The van der Waals surface area contributed by atoms with E-state index in [2.05, 4.69) is 4.90 Å². The van der Waals surface area contributed by atoms with Crippen LogP contribution in [0.25, 0.3) is 6.08 Å². The lowest BCUT2D eigenvalue weighted by atomic mass is 9.92. The van der Waals surface area contributed by atoms with Gasteiger partial charge in [-0.2, -0.15) is 0 Å². The Kier molecular flexibility index (Phi) is 5.34. The van der Waals surface area contributed by atoms with E-state index in [0.717, 1.165) is 38.0 Å². The smallest absolute Gasteiger partial charge is 0.328 e. The SMILES string of the molecule is CC(O)C1CCN(Cc2cc(/C=C/C(=O)O)cs2)CC1. The number of carbonyl (C=O) groups is 1. The maximum atomic E-state index is 10.5. The molecule has 1 aromatic rings. The van der Waals surface area contributed by atoms with Gasteiger partial charge in [0.1, 0.15) is 0 Å². The van der Waals surface area contributed by atoms with E-state index in [0.29, 0.717) is 5.92 Å². The van der Waals surface area contributed by atoms with Crippen molar-refractivity contribution in [3.8, 4) is 0 Å². The van der Waals surface area contributed by atoms with Crippen molar-refractivity contribution in [3.05, 3.63) is 28.0 Å². The molecule has 1 saturated heterocycles. The molecular formula is C15H21NO3S. The first-order chi connectivity index (χ1) is 9.54. The first-order valence-electron chi connectivity index (χ1n) is 6.93. The van der Waals surface area contributed by atoms with E-state index in [1.165, 1.54) is 11.0 Å². The van der Waals surface area contributed by atoms with Crippen LogP contribution in [0.2, 0.25) is 0 Å². The Morgan fingerprint density at radius 1 is 1.55 bits per heavy atom. The third-order valence-electron chi connectivity index (χ3n) is 3.79. The highest BCUT2D eigenvalue weighted by molar-refractivity contribution is 7.10. The van der Waals surface area contributed by atoms with E-state index in [9.17, 15) is 9.90 Å². The molecule has 0 aliphatic carbocycles. The molecule has 0 amide bonds. The molecule has 0 saturated carbocycles. The second-order valence-corrected chi connectivity index (χ2v) is 6.37. The summed E-state index contributed by atoms with van der Waals surface area (Å²) in [5, 5.41) is 20.2. The van der Waals surface area contributed by atoms with Crippen molar-refractivity contribution >= 4 is 23.4 Å². The number of aliphatic hydroxyl groups excluding tert-OH is 1. The number of aliphatic carboxylic acids is 1. The van der Waals surface area contributed by atoms with Crippen LogP contribution in [0.3, 0.4) is 0 Å². The molecule has 0 spiro atoms. The first kappa shape index (κ1) is 15.2. The lowest BCUT2D eigenvalue weighted by Gasteiger charge is -2.32. The van der Waals surface area contributed by atoms with Crippen molar-refractivity contribution in [3.63, 3.8) is 0 Å². The number of carboxylic acid groups (broad SMARTS) is 1. The Labute approximate surface area is 123 Å². The Morgan fingerprint density at radius 2 is 2.25 bits per heavy atom. The maximum absolute atomic E-state index is 10.5. The van der Waals surface area contributed by atoms with Crippen molar-refractivity contribution in [1.29, 1.82) is 0 Å². The minimum Gasteiger partial charge on any atom is -0.478 e. The summed E-state index contributed by atoms with van der Waals surface area (Å²) in [6.07, 6.45) is 4.69. The van der Waals surface area contributed by atoms with Crippen molar-refractivity contribution in [2.45, 2.75) is 32.4 Å². The topological polar surface area (TPSA) is 60.8 Å². The van der Waals surface area contributed by atoms with Crippen molar-refractivity contribution in [1.82, 2.24) is 4.90 Å². The quantitative estimate of drug-likeness (QED) is 0.819. The minimum absolute atomic E-state index is 0.202. The molecule has 2 rings (SSSR count). The van der Waals surface area contributed by atoms with Crippen LogP contribution >= 0.6 is 11.3 Å². The molecular weight excluding hydrogens is 274 g/mol. The number of likely N-dealkylation sites (tertiary alicyclic amines) is 1. The molecule has 2 N–H and O–H groups in total. The molecule has 1 unspecified atom stereocenters. The summed E-state index contributed by atoms with van der Waals surface area (Å²) in [7, 11) is 0. The summed E-state index contributed by atoms with van der Waals surface area (Å²) in [6.45, 7) is 4.83. The van der Waals surface area contributed by atoms with E-state index in [-0.39, 0.29) is 6.10 Å². The van der Waals surface area contributed by atoms with Crippen molar-refractivity contribution in [2.24, 2.45) is 5.92 Å². The number of nitrogens with zero attached hydrogens (tertiary/aromatic N) is 1. The van der Waals surface area contributed by atoms with E-state index in [4.69, 9.17) is 5.11 Å². The zero-order chi connectivity index (χ0) is 14.5. The van der Waals surface area contributed by atoms with Crippen LogP contribution in [0.15, 0.2) is 17.5 Å². The van der Waals surface area contributed by atoms with Gasteiger partial charge >= 0.3 is 5.97 Å². The summed E-state index contributed by atoms with van der Waals surface area (Å²) >= 11 is 1.67. The van der Waals surface area contributed by atoms with Crippen LogP contribution < -0.4 is 0 Å². The molecule has 1 atom stereocenters. The molecule has 1 aliphatic rings. The van der Waals surface area contributed by atoms with Gasteiger partial charge in [0.05, 0.1) is 6.10 Å². The van der Waals surface area contributed by atoms with Crippen LogP contribution in [0, 0.1) is 5.92 Å². The second-order valence-electron chi connectivity index (χ2n) is 5.37. The van der Waals surface area contributed by atoms with Crippen LogP contribution in [0.1, 0.15) is 30.2 Å². The van der Waals surface area contributed by atoms with Crippen molar-refractivity contribution in [2.75, 3.05) is 13.1 Å². The summed E-state index contributed by atoms with van der Waals surface area (Å²) in [6, 6.07) is 2.05. The molecule has 20 heavy (non-hydrogen) atoms. The van der Waals surface area contributed by atoms with Crippen LogP contribution in [0.4, 0.5) is 0 Å². The molecule has 5 heteroatoms. The van der Waals surface area contributed by atoms with Gasteiger partial charge in [0.15, 0.2) is 0 Å². The monoisotopic (exact) mass is 295 g/mol. The Balaban J connectivity index is 1.84. The molecule has 0 aromatic carbocycles. The van der Waals surface area contributed by atoms with Gasteiger partial charge in [-0.15, -0.1) is 11.3 Å². The van der Waals surface area contributed by atoms with E-state index < -0.39 is 5.97 Å². The number of rotatable bonds is 5. The normalized spacial score (nSPS) is 19.5. The number of aliphatic hydroxyl groups is 1. The zero-order valence-electron chi connectivity index (χ0n) is 11.7. The number of carboxylic acids is 1. The van der Waals surface area contributed by atoms with Gasteiger partial charge in [-0.25, -0.2) is 4.79 Å². The largest absolute Gasteiger partial charge is 0.478 e. The third kappa shape index (κ3) is 4.44. The van der Waals surface area contributed by atoms with Crippen molar-refractivity contribution < 1.29 is 15.0 Å². The van der Waals surface area contributed by atoms with Gasteiger partial charge < -0.3 is 10.2 Å². The van der Waals surface area contributed by atoms with Gasteiger partial charge in [-0.1, -0.05) is 0 Å². The first-order valence-corrected chi connectivity index (χ1v) is 7.81. The third-order valence-corrected chi connectivity index (χ3v) is 4.73. The maximum Gasteiger partial charge on any atom is 0.328 e. The van der Waals surface area contributed by atoms with Gasteiger partial charge in [-0.3, -0.25) is 4.90 Å². The highest BCUT2D eigenvalue weighted by Gasteiger charge is 2.22. The molecule has 1 aromatic heterocycles. The highest BCUT2D eigenvalue weighted by atomic mass is 32.1. The van der Waals surface area contributed by atoms with Crippen LogP contribution in [-0.2, 0) is 11.3 Å². The fourth-order valence-electron chi connectivity index (χ4n) is 2.55. The van der Waals surface area contributed by atoms with Gasteiger partial charge in [0.25, 0.3) is 0 Å². The second kappa shape index (κ2) is 7.02. The van der Waals surface area contributed by atoms with Gasteiger partial charge in [0, 0.05) is 17.5 Å². The minimum atomic E-state index is -0.919. The van der Waals surface area contributed by atoms with Gasteiger partial charge in [0.2, 0.25) is 0 Å².